The van der Waals surface area contributed by atoms with Gasteiger partial charge in [-0.25, -0.2) is 0 Å². The van der Waals surface area contributed by atoms with Crippen LogP contribution in [0.4, 0.5) is 0 Å². The van der Waals surface area contributed by atoms with Crippen LogP contribution >= 0.6 is 15.9 Å². The standard InChI is InChI=1S/C15H20BrNO2/c16-11-15(18-8-9-19-15)14(6-7-14)12-17-10-13-4-2-1-3-5-13/h1-5,17H,6-12H2. The molecule has 1 aliphatic carbocycles. The first-order valence-electron chi connectivity index (χ1n) is 6.89. The van der Waals surface area contributed by atoms with E-state index in [0.717, 1.165) is 18.4 Å². The van der Waals surface area contributed by atoms with Crippen LogP contribution in [0.25, 0.3) is 0 Å². The average molecular weight is 326 g/mol. The summed E-state index contributed by atoms with van der Waals surface area (Å²) >= 11 is 3.57. The predicted octanol–water partition coefficient (Wildman–Crippen LogP) is 2.69. The monoisotopic (exact) mass is 325 g/mol. The lowest BCUT2D eigenvalue weighted by molar-refractivity contribution is -0.186. The zero-order valence-electron chi connectivity index (χ0n) is 11.0. The maximum atomic E-state index is 5.91. The van der Waals surface area contributed by atoms with Crippen LogP contribution < -0.4 is 5.32 Å². The Hall–Kier alpha value is -0.420. The number of nitrogens with one attached hydrogen (secondary N) is 1. The van der Waals surface area contributed by atoms with Gasteiger partial charge in [-0.05, 0) is 18.4 Å². The van der Waals surface area contributed by atoms with Crippen molar-refractivity contribution in [2.45, 2.75) is 25.2 Å². The molecule has 2 aliphatic rings. The van der Waals surface area contributed by atoms with Gasteiger partial charge in [0.25, 0.3) is 0 Å². The molecule has 2 fully saturated rings. The number of ether oxygens (including phenoxy) is 2. The fourth-order valence-corrected chi connectivity index (χ4v) is 3.78. The molecule has 3 nitrogen and oxygen atoms in total. The van der Waals surface area contributed by atoms with E-state index in [1.54, 1.807) is 0 Å². The Morgan fingerprint density at radius 3 is 2.37 bits per heavy atom. The van der Waals surface area contributed by atoms with Crippen LogP contribution in [0.15, 0.2) is 30.3 Å². The summed E-state index contributed by atoms with van der Waals surface area (Å²) in [4.78, 5) is 0. The van der Waals surface area contributed by atoms with Crippen molar-refractivity contribution in [1.82, 2.24) is 5.32 Å². The molecule has 1 N–H and O–H groups in total. The van der Waals surface area contributed by atoms with Crippen LogP contribution in [0, 0.1) is 5.41 Å². The molecular formula is C15H20BrNO2. The Bertz CT molecular complexity index is 413. The summed E-state index contributed by atoms with van der Waals surface area (Å²) in [5.74, 6) is -0.406. The Kier molecular flexibility index (Phi) is 3.94. The molecule has 1 aliphatic heterocycles. The molecule has 3 rings (SSSR count). The Balaban J connectivity index is 1.57. The van der Waals surface area contributed by atoms with E-state index in [1.165, 1.54) is 18.4 Å². The second-order valence-corrected chi connectivity index (χ2v) is 6.01. The fraction of sp³-hybridized carbons (Fsp3) is 0.600. The van der Waals surface area contributed by atoms with Crippen LogP contribution in [0.1, 0.15) is 18.4 Å². The molecule has 0 bridgehead atoms. The first kappa shape index (κ1) is 13.6. The molecule has 1 saturated heterocycles. The highest BCUT2D eigenvalue weighted by Crippen LogP contribution is 2.57. The quantitative estimate of drug-likeness (QED) is 0.816. The highest BCUT2D eigenvalue weighted by atomic mass is 79.9. The van der Waals surface area contributed by atoms with Crippen molar-refractivity contribution in [2.75, 3.05) is 25.1 Å². The van der Waals surface area contributed by atoms with E-state index in [2.05, 4.69) is 45.5 Å². The van der Waals surface area contributed by atoms with Crippen molar-refractivity contribution in [1.29, 1.82) is 0 Å². The van der Waals surface area contributed by atoms with Crippen LogP contribution in [-0.4, -0.2) is 30.9 Å². The molecule has 0 unspecified atom stereocenters. The van der Waals surface area contributed by atoms with Gasteiger partial charge in [-0.1, -0.05) is 46.3 Å². The smallest absolute Gasteiger partial charge is 0.184 e. The van der Waals surface area contributed by atoms with Crippen LogP contribution in [-0.2, 0) is 16.0 Å². The molecule has 1 heterocycles. The summed E-state index contributed by atoms with van der Waals surface area (Å²) in [5, 5.41) is 4.32. The largest absolute Gasteiger partial charge is 0.346 e. The minimum atomic E-state index is -0.406. The fourth-order valence-electron chi connectivity index (χ4n) is 2.87. The Labute approximate surface area is 122 Å². The van der Waals surface area contributed by atoms with Gasteiger partial charge in [-0.3, -0.25) is 0 Å². The van der Waals surface area contributed by atoms with Gasteiger partial charge in [-0.15, -0.1) is 0 Å². The number of hydrogen-bond acceptors (Lipinski definition) is 3. The van der Waals surface area contributed by atoms with E-state index >= 15 is 0 Å². The second kappa shape index (κ2) is 5.52. The lowest BCUT2D eigenvalue weighted by atomic mass is 9.96. The molecule has 1 aromatic carbocycles. The van der Waals surface area contributed by atoms with Crippen molar-refractivity contribution in [3.05, 3.63) is 35.9 Å². The third-order valence-electron chi connectivity index (χ3n) is 4.23. The minimum Gasteiger partial charge on any atom is -0.346 e. The number of rotatable bonds is 6. The van der Waals surface area contributed by atoms with Gasteiger partial charge in [0.1, 0.15) is 0 Å². The van der Waals surface area contributed by atoms with Crippen LogP contribution in [0.5, 0.6) is 0 Å². The topological polar surface area (TPSA) is 30.5 Å². The van der Waals surface area contributed by atoms with E-state index in [4.69, 9.17) is 9.47 Å². The average Bonchev–Trinajstić information content (AvgIpc) is 3.09. The van der Waals surface area contributed by atoms with Crippen LogP contribution in [0.2, 0.25) is 0 Å². The molecule has 0 amide bonds. The van der Waals surface area contributed by atoms with Crippen molar-refractivity contribution >= 4 is 15.9 Å². The Morgan fingerprint density at radius 1 is 1.11 bits per heavy atom. The summed E-state index contributed by atoms with van der Waals surface area (Å²) in [6.45, 7) is 3.28. The van der Waals surface area contributed by atoms with E-state index < -0.39 is 5.79 Å². The van der Waals surface area contributed by atoms with Gasteiger partial charge in [0.05, 0.1) is 18.5 Å². The van der Waals surface area contributed by atoms with Crippen molar-refractivity contribution in [3.63, 3.8) is 0 Å². The third kappa shape index (κ3) is 2.59. The van der Waals surface area contributed by atoms with Gasteiger partial charge in [0, 0.05) is 18.5 Å². The molecule has 0 atom stereocenters. The van der Waals surface area contributed by atoms with Crippen molar-refractivity contribution in [2.24, 2.45) is 5.41 Å². The van der Waals surface area contributed by atoms with Gasteiger partial charge < -0.3 is 14.8 Å². The molecule has 0 aromatic heterocycles. The summed E-state index contributed by atoms with van der Waals surface area (Å²) < 4.78 is 11.8. The van der Waals surface area contributed by atoms with Crippen molar-refractivity contribution < 1.29 is 9.47 Å². The lowest BCUT2D eigenvalue weighted by Gasteiger charge is -2.34. The van der Waals surface area contributed by atoms with Gasteiger partial charge in [0.15, 0.2) is 5.79 Å². The number of halogens is 1. The highest BCUT2D eigenvalue weighted by Gasteiger charge is 2.62. The summed E-state index contributed by atoms with van der Waals surface area (Å²) in [6.07, 6.45) is 2.36. The molecule has 0 spiro atoms. The predicted molar refractivity (Wildman–Crippen MR) is 78.2 cm³/mol. The van der Waals surface area contributed by atoms with Gasteiger partial charge >= 0.3 is 0 Å². The molecule has 1 aromatic rings. The molecular weight excluding hydrogens is 306 g/mol. The normalized spacial score (nSPS) is 23.4. The molecule has 19 heavy (non-hydrogen) atoms. The maximum absolute atomic E-state index is 5.91. The molecule has 104 valence electrons. The number of hydrogen-bond donors (Lipinski definition) is 1. The summed E-state index contributed by atoms with van der Waals surface area (Å²) in [6, 6.07) is 10.5. The van der Waals surface area contributed by atoms with E-state index in [1.807, 2.05) is 6.07 Å². The number of alkyl halides is 1. The first-order chi connectivity index (χ1) is 9.30. The van der Waals surface area contributed by atoms with E-state index in [9.17, 15) is 0 Å². The SMILES string of the molecule is BrCC1(C2(CNCc3ccccc3)CC2)OCCO1. The summed E-state index contributed by atoms with van der Waals surface area (Å²) in [7, 11) is 0. The van der Waals surface area contributed by atoms with Crippen molar-refractivity contribution in [3.8, 4) is 0 Å². The van der Waals surface area contributed by atoms with Gasteiger partial charge in [0.2, 0.25) is 0 Å². The van der Waals surface area contributed by atoms with Gasteiger partial charge in [-0.2, -0.15) is 0 Å². The number of benzene rings is 1. The summed E-state index contributed by atoms with van der Waals surface area (Å²) in [5.41, 5.74) is 1.47. The minimum absolute atomic E-state index is 0.155. The molecule has 4 heteroatoms. The van der Waals surface area contributed by atoms with Crippen LogP contribution in [0.3, 0.4) is 0 Å². The zero-order valence-corrected chi connectivity index (χ0v) is 12.6. The highest BCUT2D eigenvalue weighted by molar-refractivity contribution is 9.09. The Morgan fingerprint density at radius 2 is 1.79 bits per heavy atom. The lowest BCUT2D eigenvalue weighted by Crippen LogP contribution is -2.47. The zero-order chi connectivity index (χ0) is 13.2. The van der Waals surface area contributed by atoms with E-state index in [0.29, 0.717) is 13.2 Å². The maximum Gasteiger partial charge on any atom is 0.184 e. The third-order valence-corrected chi connectivity index (χ3v) is 4.96. The first-order valence-corrected chi connectivity index (χ1v) is 8.01. The molecule has 0 radical (unpaired) electrons. The second-order valence-electron chi connectivity index (χ2n) is 5.45. The van der Waals surface area contributed by atoms with E-state index in [-0.39, 0.29) is 5.41 Å². The molecule has 1 saturated carbocycles.